The largest absolute Gasteiger partial charge is 0.491 e. The molecule has 2 rings (SSSR count). The predicted molar refractivity (Wildman–Crippen MR) is 80.6 cm³/mol. The summed E-state index contributed by atoms with van der Waals surface area (Å²) in [6.07, 6.45) is -7.96. The van der Waals surface area contributed by atoms with Crippen molar-refractivity contribution in [3.05, 3.63) is 16.7 Å². The summed E-state index contributed by atoms with van der Waals surface area (Å²) in [7, 11) is 1.32. The van der Waals surface area contributed by atoms with Crippen LogP contribution in [0.3, 0.4) is 0 Å². The molecule has 0 spiro atoms. The minimum atomic E-state index is -3.83. The molecule has 1 aliphatic heterocycles. The van der Waals surface area contributed by atoms with Gasteiger partial charge in [0.05, 0.1) is 19.9 Å². The van der Waals surface area contributed by atoms with Gasteiger partial charge >= 0.3 is 11.8 Å². The topological polar surface area (TPSA) is 146 Å². The summed E-state index contributed by atoms with van der Waals surface area (Å²) >= 11 is 10.5. The van der Waals surface area contributed by atoms with E-state index in [1.807, 2.05) is 0 Å². The van der Waals surface area contributed by atoms with E-state index in [1.165, 1.54) is 13.3 Å². The molecule has 0 amide bonds. The number of halogens is 2. The van der Waals surface area contributed by atoms with E-state index in [9.17, 15) is 19.6 Å². The van der Waals surface area contributed by atoms with E-state index in [2.05, 4.69) is 9.51 Å². The molecule has 1 aliphatic rings. The molecule has 130 valence electrons. The summed E-state index contributed by atoms with van der Waals surface area (Å²) < 4.78 is 26.9. The number of ether oxygens (including phenoxy) is 2. The number of rotatable bonds is 5. The first-order valence-electron chi connectivity index (χ1n) is 6.22. The van der Waals surface area contributed by atoms with E-state index in [0.29, 0.717) is 0 Å². The molecule has 10 nitrogen and oxygen atoms in total. The minimum Gasteiger partial charge on any atom is -0.491 e. The summed E-state index contributed by atoms with van der Waals surface area (Å²) in [5.74, 6) is -0.0486. The van der Waals surface area contributed by atoms with Crippen LogP contribution in [0.1, 0.15) is 6.23 Å². The van der Waals surface area contributed by atoms with Crippen LogP contribution in [0.25, 0.3) is 0 Å². The second-order valence-electron chi connectivity index (χ2n) is 4.64. The first-order chi connectivity index (χ1) is 10.6. The average molecular weight is 390 g/mol. The molecule has 0 aromatic carbocycles. The Morgan fingerprint density at radius 3 is 2.70 bits per heavy atom. The van der Waals surface area contributed by atoms with Crippen molar-refractivity contribution in [2.24, 2.45) is 0 Å². The molecule has 0 radical (unpaired) electrons. The zero-order valence-electron chi connectivity index (χ0n) is 11.7. The van der Waals surface area contributed by atoms with Crippen molar-refractivity contribution in [1.82, 2.24) is 9.55 Å². The third-order valence-electron chi connectivity index (χ3n) is 3.17. The van der Waals surface area contributed by atoms with E-state index in [-0.39, 0.29) is 11.6 Å². The molecule has 1 fully saturated rings. The van der Waals surface area contributed by atoms with E-state index >= 15 is 0 Å². The van der Waals surface area contributed by atoms with Gasteiger partial charge < -0.3 is 29.9 Å². The highest BCUT2D eigenvalue weighted by Gasteiger charge is 2.45. The summed E-state index contributed by atoms with van der Waals surface area (Å²) in [4.78, 5) is 15.4. The maximum absolute atomic E-state index is 11.9. The maximum atomic E-state index is 11.9. The molecular weight excluding hydrogens is 376 g/mol. The lowest BCUT2D eigenvalue weighted by molar-refractivity contribution is -0.0508. The molecule has 13 heteroatoms. The number of hydrogen-bond donors (Lipinski definition) is 3. The fourth-order valence-electron chi connectivity index (χ4n) is 2.06. The Morgan fingerprint density at radius 2 is 2.13 bits per heavy atom. The normalized spacial score (nSPS) is 28.0. The van der Waals surface area contributed by atoms with Crippen LogP contribution in [0.4, 0.5) is 5.82 Å². The number of anilines is 1. The van der Waals surface area contributed by atoms with Crippen molar-refractivity contribution in [2.45, 2.75) is 24.5 Å². The van der Waals surface area contributed by atoms with Crippen LogP contribution in [0, 0.1) is 0 Å². The predicted octanol–water partition coefficient (Wildman–Crippen LogP) is 0.0556. The summed E-state index contributed by atoms with van der Waals surface area (Å²) in [6, 6.07) is 0. The van der Waals surface area contributed by atoms with Crippen LogP contribution in [0.5, 0.6) is 5.75 Å². The number of methoxy groups -OCH3 is 1. The number of hydrogen-bond acceptors (Lipinski definition) is 9. The summed E-state index contributed by atoms with van der Waals surface area (Å²) in [5.41, 5.74) is 4.68. The lowest BCUT2D eigenvalue weighted by Gasteiger charge is -2.18. The zero-order valence-corrected chi connectivity index (χ0v) is 14.1. The van der Waals surface area contributed by atoms with Gasteiger partial charge in [0.2, 0.25) is 0 Å². The summed E-state index contributed by atoms with van der Waals surface area (Å²) in [6.45, 7) is -0.451. The Morgan fingerprint density at radius 1 is 1.48 bits per heavy atom. The van der Waals surface area contributed by atoms with Gasteiger partial charge in [-0.1, -0.05) is 0 Å². The smallest absolute Gasteiger partial charge is 0.380 e. The number of aromatic nitrogens is 2. The van der Waals surface area contributed by atoms with Crippen LogP contribution in [0.2, 0.25) is 0 Å². The van der Waals surface area contributed by atoms with Gasteiger partial charge in [0.1, 0.15) is 18.3 Å². The van der Waals surface area contributed by atoms with E-state index in [0.717, 1.165) is 4.57 Å². The molecule has 0 saturated carbocycles. The minimum absolute atomic E-state index is 0.0839. The molecule has 1 saturated heterocycles. The van der Waals surface area contributed by atoms with Gasteiger partial charge in [0, 0.05) is 0 Å². The average Bonchev–Trinajstić information content (AvgIpc) is 2.73. The van der Waals surface area contributed by atoms with Gasteiger partial charge in [-0.3, -0.25) is 9.13 Å². The van der Waals surface area contributed by atoms with E-state index in [1.54, 1.807) is 0 Å². The lowest BCUT2D eigenvalue weighted by Crippen LogP contribution is -2.36. The molecule has 23 heavy (non-hydrogen) atoms. The number of aliphatic hydroxyl groups excluding tert-OH is 2. The van der Waals surface area contributed by atoms with Crippen molar-refractivity contribution >= 4 is 34.4 Å². The maximum Gasteiger partial charge on any atom is 0.380 e. The van der Waals surface area contributed by atoms with Crippen LogP contribution in [-0.4, -0.2) is 51.8 Å². The Bertz CT molecular complexity index is 681. The highest BCUT2D eigenvalue weighted by molar-refractivity contribution is 8.05. The van der Waals surface area contributed by atoms with Gasteiger partial charge in [0.25, 0.3) is 0 Å². The second-order valence-corrected chi connectivity index (χ2v) is 8.92. The molecule has 0 bridgehead atoms. The Kier molecular flexibility index (Phi) is 5.57. The highest BCUT2D eigenvalue weighted by atomic mass is 35.9. The van der Waals surface area contributed by atoms with Crippen molar-refractivity contribution in [2.75, 3.05) is 19.5 Å². The SMILES string of the molecule is COc1cn([C@@H]2O[C@H](COP(=O)(Cl)Cl)C(O)C2O)c(=O)nc1N. The van der Waals surface area contributed by atoms with Gasteiger partial charge in [0.15, 0.2) is 17.8 Å². The molecule has 0 aliphatic carbocycles. The fourth-order valence-corrected chi connectivity index (χ4v) is 2.72. The number of nitrogens with zero attached hydrogens (tertiary/aromatic N) is 2. The molecule has 1 aromatic heterocycles. The van der Waals surface area contributed by atoms with Crippen LogP contribution in [-0.2, 0) is 13.8 Å². The first-order valence-corrected chi connectivity index (χ1v) is 9.65. The molecular formula is C10H14Cl2N3O7P. The highest BCUT2D eigenvalue weighted by Crippen LogP contribution is 2.57. The molecule has 4 N–H and O–H groups in total. The van der Waals surface area contributed by atoms with Crippen molar-refractivity contribution in [3.63, 3.8) is 0 Å². The third-order valence-corrected chi connectivity index (χ3v) is 4.20. The number of nitrogens with two attached hydrogens (primary N) is 1. The Labute approximate surface area is 139 Å². The van der Waals surface area contributed by atoms with Crippen LogP contribution in [0.15, 0.2) is 11.0 Å². The number of aliphatic hydroxyl groups is 2. The standard InChI is InChI=1S/C10H14Cl2N3O7P/c1-20-4-2-15(10(18)14-8(4)13)9-7(17)6(16)5(22-9)3-21-23(11,12)19/h2,5-7,9,16-17H,3H2,1H3,(H2,13,14,18)/t5-,6?,7?,9-/m1/s1. The first kappa shape index (κ1) is 18.5. The molecule has 4 atom stereocenters. The fraction of sp³-hybridized carbons (Fsp3) is 0.600. The van der Waals surface area contributed by atoms with Crippen LogP contribution < -0.4 is 16.2 Å². The van der Waals surface area contributed by atoms with Gasteiger partial charge in [-0.2, -0.15) is 4.98 Å². The molecule has 1 aromatic rings. The Balaban J connectivity index is 2.24. The number of nitrogen functional groups attached to an aromatic ring is 1. The van der Waals surface area contributed by atoms with E-state index < -0.39 is 42.9 Å². The molecule has 2 unspecified atom stereocenters. The van der Waals surface area contributed by atoms with Crippen molar-refractivity contribution in [3.8, 4) is 5.75 Å². The molecule has 2 heterocycles. The van der Waals surface area contributed by atoms with Gasteiger partial charge in [-0.15, -0.1) is 0 Å². The monoisotopic (exact) mass is 389 g/mol. The third kappa shape index (κ3) is 4.16. The van der Waals surface area contributed by atoms with Crippen molar-refractivity contribution in [1.29, 1.82) is 0 Å². The summed E-state index contributed by atoms with van der Waals surface area (Å²) in [5, 5.41) is 20.0. The van der Waals surface area contributed by atoms with E-state index in [4.69, 9.17) is 37.7 Å². The zero-order chi connectivity index (χ0) is 17.4. The van der Waals surface area contributed by atoms with Gasteiger partial charge in [-0.25, -0.2) is 4.79 Å². The lowest BCUT2D eigenvalue weighted by atomic mass is 10.1. The van der Waals surface area contributed by atoms with Gasteiger partial charge in [-0.05, 0) is 22.5 Å². The second kappa shape index (κ2) is 6.94. The quantitative estimate of drug-likeness (QED) is 0.594. The van der Waals surface area contributed by atoms with Crippen LogP contribution >= 0.6 is 28.6 Å². The Hall–Kier alpha value is -0.870. The van der Waals surface area contributed by atoms with Crippen molar-refractivity contribution < 1.29 is 28.8 Å².